The second-order valence-electron chi connectivity index (χ2n) is 7.19. The molecule has 0 atom stereocenters. The van der Waals surface area contributed by atoms with E-state index in [0.29, 0.717) is 17.2 Å². The number of carbonyl (C=O) groups is 1. The van der Waals surface area contributed by atoms with Gasteiger partial charge in [0.1, 0.15) is 5.82 Å². The molecule has 34 heavy (non-hydrogen) atoms. The van der Waals surface area contributed by atoms with Crippen molar-refractivity contribution in [3.63, 3.8) is 0 Å². The Kier molecular flexibility index (Phi) is 7.71. The smallest absolute Gasteiger partial charge is 0.257 e. The summed E-state index contributed by atoms with van der Waals surface area (Å²) in [6, 6.07) is 9.49. The Morgan fingerprint density at radius 1 is 0.882 bits per heavy atom. The molecule has 0 spiro atoms. The number of nitrogens with zero attached hydrogens (tertiary/aromatic N) is 7. The Morgan fingerprint density at radius 2 is 1.65 bits per heavy atom. The van der Waals surface area contributed by atoms with Gasteiger partial charge in [0.25, 0.3) is 5.91 Å². The summed E-state index contributed by atoms with van der Waals surface area (Å²) in [6.45, 7) is 7.31. The normalized spacial score (nSPS) is 13.1. The van der Waals surface area contributed by atoms with Crippen molar-refractivity contribution in [1.29, 1.82) is 0 Å². The molecule has 174 valence electrons. The van der Waals surface area contributed by atoms with E-state index in [0.717, 1.165) is 42.6 Å². The number of pyridine rings is 2. The lowest BCUT2D eigenvalue weighted by Gasteiger charge is -2.35. The maximum Gasteiger partial charge on any atom is 0.257 e. The van der Waals surface area contributed by atoms with Gasteiger partial charge >= 0.3 is 0 Å². The largest absolute Gasteiger partial charge is 0.353 e. The van der Waals surface area contributed by atoms with Crippen molar-refractivity contribution in [1.82, 2.24) is 24.9 Å². The van der Waals surface area contributed by atoms with E-state index in [-0.39, 0.29) is 5.91 Å². The minimum atomic E-state index is -0.256. The molecule has 5 heterocycles. The Hall–Kier alpha value is -3.92. The lowest BCUT2D eigenvalue weighted by atomic mass is 10.2. The number of carbonyl (C=O) groups excluding carboxylic acids is 1. The number of amides is 1. The molecule has 5 rings (SSSR count). The van der Waals surface area contributed by atoms with Crippen LogP contribution in [0.5, 0.6) is 0 Å². The molecule has 1 aliphatic rings. The van der Waals surface area contributed by atoms with E-state index in [4.69, 9.17) is 0 Å². The quantitative estimate of drug-likeness (QED) is 0.463. The van der Waals surface area contributed by atoms with Gasteiger partial charge < -0.3 is 15.1 Å². The molecule has 1 aliphatic heterocycles. The highest BCUT2D eigenvalue weighted by molar-refractivity contribution is 7.13. The molecule has 0 bridgehead atoms. The van der Waals surface area contributed by atoms with Crippen molar-refractivity contribution >= 4 is 34.7 Å². The number of piperazine rings is 1. The third-order valence-corrected chi connectivity index (χ3v) is 5.94. The van der Waals surface area contributed by atoms with E-state index in [1.807, 2.05) is 44.3 Å². The van der Waals surface area contributed by atoms with E-state index in [1.165, 1.54) is 11.3 Å². The zero-order valence-electron chi connectivity index (χ0n) is 19.1. The Morgan fingerprint density at radius 3 is 2.26 bits per heavy atom. The van der Waals surface area contributed by atoms with Crippen LogP contribution in [-0.2, 0) is 0 Å². The molecule has 0 aromatic carbocycles. The molecule has 4 aromatic heterocycles. The first-order chi connectivity index (χ1) is 16.8. The number of aromatic nitrogens is 5. The van der Waals surface area contributed by atoms with Crippen molar-refractivity contribution in [3.8, 4) is 10.6 Å². The van der Waals surface area contributed by atoms with Crippen LogP contribution in [0.2, 0.25) is 0 Å². The fourth-order valence-electron chi connectivity index (χ4n) is 3.44. The molecule has 1 N–H and O–H groups in total. The Balaban J connectivity index is 0.00000133. The predicted octanol–water partition coefficient (Wildman–Crippen LogP) is 4.00. The summed E-state index contributed by atoms with van der Waals surface area (Å²) in [5.74, 6) is 1.38. The van der Waals surface area contributed by atoms with Gasteiger partial charge in [0, 0.05) is 44.8 Å². The number of hydrogen-bond acceptors (Lipinski definition) is 9. The van der Waals surface area contributed by atoms with Gasteiger partial charge in [-0.05, 0) is 24.3 Å². The second-order valence-corrected chi connectivity index (χ2v) is 8.07. The van der Waals surface area contributed by atoms with Gasteiger partial charge in [-0.2, -0.15) is 0 Å². The highest BCUT2D eigenvalue weighted by Gasteiger charge is 2.20. The van der Waals surface area contributed by atoms with Crippen LogP contribution in [-0.4, -0.2) is 57.0 Å². The lowest BCUT2D eigenvalue weighted by molar-refractivity contribution is 0.102. The first-order valence-electron chi connectivity index (χ1n) is 11.2. The topological polar surface area (TPSA) is 100 Å². The van der Waals surface area contributed by atoms with Gasteiger partial charge in [-0.25, -0.2) is 15.0 Å². The zero-order chi connectivity index (χ0) is 23.8. The number of anilines is 3. The van der Waals surface area contributed by atoms with Crippen LogP contribution >= 0.6 is 11.3 Å². The summed E-state index contributed by atoms with van der Waals surface area (Å²) in [5.41, 5.74) is 3.55. The predicted molar refractivity (Wildman–Crippen MR) is 135 cm³/mol. The summed E-state index contributed by atoms with van der Waals surface area (Å²) >= 11 is 1.50. The Labute approximate surface area is 202 Å². The lowest BCUT2D eigenvalue weighted by Crippen LogP contribution is -2.47. The minimum absolute atomic E-state index is 0.256. The third kappa shape index (κ3) is 5.52. The molecular weight excluding hydrogens is 448 g/mol. The van der Waals surface area contributed by atoms with Gasteiger partial charge in [0.2, 0.25) is 5.95 Å². The van der Waals surface area contributed by atoms with Gasteiger partial charge in [-0.1, -0.05) is 19.9 Å². The summed E-state index contributed by atoms with van der Waals surface area (Å²) in [4.78, 5) is 39.6. The van der Waals surface area contributed by atoms with E-state index >= 15 is 0 Å². The minimum Gasteiger partial charge on any atom is -0.353 e. The van der Waals surface area contributed by atoms with Crippen LogP contribution in [0.1, 0.15) is 24.2 Å². The number of hydrogen-bond donors (Lipinski definition) is 1. The molecule has 0 unspecified atom stereocenters. The highest BCUT2D eigenvalue weighted by Crippen LogP contribution is 2.21. The molecule has 0 radical (unpaired) electrons. The van der Waals surface area contributed by atoms with E-state index < -0.39 is 0 Å². The van der Waals surface area contributed by atoms with Gasteiger partial charge in [-0.15, -0.1) is 11.3 Å². The summed E-state index contributed by atoms with van der Waals surface area (Å²) in [6.07, 6.45) is 8.38. The Bertz CT molecular complexity index is 1160. The summed E-state index contributed by atoms with van der Waals surface area (Å²) in [5, 5.41) is 2.82. The maximum absolute atomic E-state index is 12.5. The average Bonchev–Trinajstić information content (AvgIpc) is 3.46. The molecule has 1 fully saturated rings. The zero-order valence-corrected chi connectivity index (χ0v) is 19.9. The molecule has 9 nitrogen and oxygen atoms in total. The van der Waals surface area contributed by atoms with Crippen molar-refractivity contribution in [2.24, 2.45) is 0 Å². The molecule has 4 aromatic rings. The van der Waals surface area contributed by atoms with Crippen LogP contribution in [0.15, 0.2) is 66.8 Å². The highest BCUT2D eigenvalue weighted by atomic mass is 32.1. The standard InChI is InChI=1S/C22H20N8OS.C2H6/c31-21(16-4-5-18(25-11-16)19-14-23-15-32-19)28-17-12-26-22(27-13-17)30-9-7-29(8-10-30)20-3-1-2-6-24-20;1-2/h1-6,11-15H,7-10H2,(H,28,31);1-2H3. The summed E-state index contributed by atoms with van der Waals surface area (Å²) < 4.78 is 0. The maximum atomic E-state index is 12.5. The van der Waals surface area contributed by atoms with E-state index in [1.54, 1.807) is 36.4 Å². The number of thiazole rings is 1. The van der Waals surface area contributed by atoms with Crippen LogP contribution in [0.25, 0.3) is 10.6 Å². The second kappa shape index (κ2) is 11.3. The van der Waals surface area contributed by atoms with Crippen LogP contribution in [0.3, 0.4) is 0 Å². The van der Waals surface area contributed by atoms with Gasteiger partial charge in [0.15, 0.2) is 0 Å². The average molecular weight is 475 g/mol. The molecule has 1 amide bonds. The van der Waals surface area contributed by atoms with Gasteiger partial charge in [-0.3, -0.25) is 14.8 Å². The number of rotatable bonds is 5. The fourth-order valence-corrected chi connectivity index (χ4v) is 4.04. The third-order valence-electron chi connectivity index (χ3n) is 5.14. The fraction of sp³-hybridized carbons (Fsp3) is 0.250. The van der Waals surface area contributed by atoms with E-state index in [9.17, 15) is 4.79 Å². The van der Waals surface area contributed by atoms with Crippen LogP contribution < -0.4 is 15.1 Å². The monoisotopic (exact) mass is 474 g/mol. The molecule has 0 saturated carbocycles. The first kappa shape index (κ1) is 23.2. The molecular formula is C24H26N8OS. The molecule has 1 saturated heterocycles. The van der Waals surface area contributed by atoms with Crippen molar-refractivity contribution in [3.05, 3.63) is 72.4 Å². The van der Waals surface area contributed by atoms with Crippen molar-refractivity contribution < 1.29 is 4.79 Å². The molecule has 10 heteroatoms. The van der Waals surface area contributed by atoms with E-state index in [2.05, 4.69) is 40.0 Å². The number of nitrogens with one attached hydrogen (secondary N) is 1. The van der Waals surface area contributed by atoms with Crippen molar-refractivity contribution in [2.75, 3.05) is 41.3 Å². The van der Waals surface area contributed by atoms with Crippen LogP contribution in [0, 0.1) is 0 Å². The first-order valence-corrected chi connectivity index (χ1v) is 12.0. The molecule has 0 aliphatic carbocycles. The van der Waals surface area contributed by atoms with Crippen molar-refractivity contribution in [2.45, 2.75) is 13.8 Å². The SMILES string of the molecule is CC.O=C(Nc1cnc(N2CCN(c3ccccn3)CC2)nc1)c1ccc(-c2cncs2)nc1. The van der Waals surface area contributed by atoms with Gasteiger partial charge in [0.05, 0.1) is 39.7 Å². The summed E-state index contributed by atoms with van der Waals surface area (Å²) in [7, 11) is 0. The van der Waals surface area contributed by atoms with Crippen LogP contribution in [0.4, 0.5) is 17.5 Å².